The fraction of sp³-hybridized carbons (Fsp3) is 0.200. The van der Waals surface area contributed by atoms with E-state index in [9.17, 15) is 19.7 Å². The molecule has 0 aromatic heterocycles. The summed E-state index contributed by atoms with van der Waals surface area (Å²) in [6.45, 7) is 3.61. The maximum Gasteiger partial charge on any atom is 0.293 e. The predicted octanol–water partition coefficient (Wildman–Crippen LogP) is 5.64. The molecule has 1 saturated heterocycles. The van der Waals surface area contributed by atoms with Gasteiger partial charge >= 0.3 is 0 Å². The smallest absolute Gasteiger partial charge is 0.274 e. The third kappa shape index (κ3) is 3.10. The van der Waals surface area contributed by atoms with Crippen LogP contribution in [0.1, 0.15) is 22.3 Å². The number of nitro groups is 1. The van der Waals surface area contributed by atoms with Gasteiger partial charge in [-0.15, -0.1) is 0 Å². The van der Waals surface area contributed by atoms with Crippen LogP contribution in [-0.4, -0.2) is 16.7 Å². The van der Waals surface area contributed by atoms with Crippen molar-refractivity contribution in [3.8, 4) is 0 Å². The van der Waals surface area contributed by atoms with Gasteiger partial charge in [-0.3, -0.25) is 19.7 Å². The summed E-state index contributed by atoms with van der Waals surface area (Å²) in [5.41, 5.74) is 5.61. The number of aryl methyl sites for hydroxylation is 2. The number of amides is 2. The number of hydrogen-bond donors (Lipinski definition) is 0. The van der Waals surface area contributed by atoms with E-state index in [1.165, 1.54) is 6.07 Å². The van der Waals surface area contributed by atoms with E-state index in [4.69, 9.17) is 0 Å². The van der Waals surface area contributed by atoms with Crippen molar-refractivity contribution in [2.24, 2.45) is 23.7 Å². The van der Waals surface area contributed by atoms with Crippen LogP contribution in [0.2, 0.25) is 0 Å². The minimum atomic E-state index is -0.564. The SMILES string of the molecule is Cc1cc(N2C(=O)[C@@H]3[C@H](C2=O)[C@H]2C=C[C@H]3C2=C(c2ccccc2)c2ccccc2)c([N+](=O)[O-])cc1C. The first-order valence-electron chi connectivity index (χ1n) is 12.0. The molecule has 6 heteroatoms. The molecule has 2 fully saturated rings. The molecule has 178 valence electrons. The quantitative estimate of drug-likeness (QED) is 0.211. The van der Waals surface area contributed by atoms with Crippen molar-refractivity contribution in [1.82, 2.24) is 0 Å². The van der Waals surface area contributed by atoms with Crippen LogP contribution in [0.15, 0.2) is 90.5 Å². The highest BCUT2D eigenvalue weighted by atomic mass is 16.6. The lowest BCUT2D eigenvalue weighted by Gasteiger charge is -2.22. The summed E-state index contributed by atoms with van der Waals surface area (Å²) < 4.78 is 0. The zero-order valence-electron chi connectivity index (χ0n) is 19.9. The van der Waals surface area contributed by atoms with Gasteiger partial charge in [-0.05, 0) is 53.3 Å². The Hall–Kier alpha value is -4.32. The number of anilines is 1. The molecule has 3 aromatic rings. The average molecular weight is 477 g/mol. The molecular formula is C30H24N2O4. The summed E-state index contributed by atoms with van der Waals surface area (Å²) in [6, 6.07) is 23.1. The van der Waals surface area contributed by atoms with Crippen molar-refractivity contribution in [3.63, 3.8) is 0 Å². The molecule has 0 unspecified atom stereocenters. The van der Waals surface area contributed by atoms with E-state index in [-0.39, 0.29) is 35.0 Å². The van der Waals surface area contributed by atoms with Crippen molar-refractivity contribution in [2.75, 3.05) is 4.90 Å². The molecule has 0 radical (unpaired) electrons. The average Bonchev–Trinajstić information content (AvgIpc) is 3.51. The maximum absolute atomic E-state index is 13.8. The molecule has 6 rings (SSSR count). The second-order valence-electron chi connectivity index (χ2n) is 9.74. The predicted molar refractivity (Wildman–Crippen MR) is 137 cm³/mol. The van der Waals surface area contributed by atoms with Gasteiger partial charge < -0.3 is 0 Å². The van der Waals surface area contributed by atoms with Gasteiger partial charge in [-0.25, -0.2) is 4.90 Å². The molecule has 1 saturated carbocycles. The molecule has 4 atom stereocenters. The van der Waals surface area contributed by atoms with Crippen LogP contribution in [0, 0.1) is 47.6 Å². The summed E-state index contributed by atoms with van der Waals surface area (Å²) in [5, 5.41) is 11.8. The van der Waals surface area contributed by atoms with Gasteiger partial charge in [-0.1, -0.05) is 72.8 Å². The van der Waals surface area contributed by atoms with E-state index in [2.05, 4.69) is 24.3 Å². The van der Waals surface area contributed by atoms with Crippen LogP contribution in [0.3, 0.4) is 0 Å². The molecule has 1 heterocycles. The Morgan fingerprint density at radius 3 is 1.72 bits per heavy atom. The molecule has 2 aliphatic carbocycles. The first-order valence-corrected chi connectivity index (χ1v) is 12.0. The number of hydrogen-bond acceptors (Lipinski definition) is 4. The first kappa shape index (κ1) is 22.2. The first-order chi connectivity index (χ1) is 17.4. The van der Waals surface area contributed by atoms with E-state index in [1.54, 1.807) is 13.0 Å². The molecule has 2 bridgehead atoms. The standard InChI is InChI=1S/C30H24N2O4/c1-17-15-23(24(32(35)36)16-18(17)2)31-29(33)27-21-13-14-22(28(27)30(31)34)26(21)25(19-9-5-3-6-10-19)20-11-7-4-8-12-20/h3-16,21-22,27-28H,1-2H3/t21-,22-,27-,28+/m0/s1. The van der Waals surface area contributed by atoms with E-state index >= 15 is 0 Å². The molecule has 3 aliphatic rings. The minimum Gasteiger partial charge on any atom is -0.274 e. The number of carbonyl (C=O) groups excluding carboxylic acids is 2. The summed E-state index contributed by atoms with van der Waals surface area (Å²) in [6.07, 6.45) is 4.08. The number of nitro benzene ring substituents is 1. The number of rotatable bonds is 4. The second kappa shape index (κ2) is 8.12. The van der Waals surface area contributed by atoms with Gasteiger partial charge in [0.25, 0.3) is 5.69 Å². The third-order valence-electron chi connectivity index (χ3n) is 7.86. The summed E-state index contributed by atoms with van der Waals surface area (Å²) in [4.78, 5) is 40.0. The molecule has 3 aromatic carbocycles. The van der Waals surface area contributed by atoms with Gasteiger partial charge in [0.05, 0.1) is 16.8 Å². The molecule has 2 amide bonds. The van der Waals surface area contributed by atoms with E-state index in [1.807, 2.05) is 55.5 Å². The Morgan fingerprint density at radius 1 is 0.778 bits per heavy atom. The minimum absolute atomic E-state index is 0.0729. The Labute approximate surface area is 208 Å². The summed E-state index contributed by atoms with van der Waals surface area (Å²) in [7, 11) is 0. The second-order valence-corrected chi connectivity index (χ2v) is 9.74. The van der Waals surface area contributed by atoms with Crippen LogP contribution in [-0.2, 0) is 9.59 Å². The Kier molecular flexibility index (Phi) is 5.00. The highest BCUT2D eigenvalue weighted by molar-refractivity contribution is 6.24. The highest BCUT2D eigenvalue weighted by Gasteiger charge is 2.63. The lowest BCUT2D eigenvalue weighted by molar-refractivity contribution is -0.384. The zero-order chi connectivity index (χ0) is 25.1. The zero-order valence-corrected chi connectivity index (χ0v) is 19.9. The number of fused-ring (bicyclic) bond motifs is 5. The van der Waals surface area contributed by atoms with Crippen LogP contribution >= 0.6 is 0 Å². The lowest BCUT2D eigenvalue weighted by atomic mass is 9.85. The Morgan fingerprint density at radius 2 is 1.25 bits per heavy atom. The number of imide groups is 1. The van der Waals surface area contributed by atoms with E-state index in [0.717, 1.165) is 38.3 Å². The van der Waals surface area contributed by atoms with Crippen LogP contribution in [0.25, 0.3) is 5.57 Å². The van der Waals surface area contributed by atoms with Gasteiger partial charge in [0.1, 0.15) is 5.69 Å². The fourth-order valence-electron chi connectivity index (χ4n) is 6.15. The topological polar surface area (TPSA) is 80.5 Å². The van der Waals surface area contributed by atoms with Crippen molar-refractivity contribution >= 4 is 28.8 Å². The number of carbonyl (C=O) groups is 2. The van der Waals surface area contributed by atoms with Crippen LogP contribution in [0.5, 0.6) is 0 Å². The van der Waals surface area contributed by atoms with E-state index < -0.39 is 16.8 Å². The number of benzene rings is 3. The van der Waals surface area contributed by atoms with Gasteiger partial charge in [0.2, 0.25) is 11.8 Å². The maximum atomic E-state index is 13.8. The largest absolute Gasteiger partial charge is 0.293 e. The van der Waals surface area contributed by atoms with Crippen LogP contribution < -0.4 is 4.90 Å². The molecular weight excluding hydrogens is 452 g/mol. The Bertz CT molecular complexity index is 1410. The number of allylic oxidation sites excluding steroid dienone is 3. The molecule has 0 spiro atoms. The summed E-state index contributed by atoms with van der Waals surface area (Å²) in [5.74, 6) is -2.31. The molecule has 6 nitrogen and oxygen atoms in total. The molecule has 36 heavy (non-hydrogen) atoms. The van der Waals surface area contributed by atoms with Crippen LogP contribution in [0.4, 0.5) is 11.4 Å². The third-order valence-corrected chi connectivity index (χ3v) is 7.86. The summed E-state index contributed by atoms with van der Waals surface area (Å²) >= 11 is 0. The fourth-order valence-corrected chi connectivity index (χ4v) is 6.15. The van der Waals surface area contributed by atoms with Gasteiger partial charge in [0.15, 0.2) is 0 Å². The lowest BCUT2D eigenvalue weighted by Crippen LogP contribution is -2.34. The molecule has 1 aliphatic heterocycles. The highest BCUT2D eigenvalue weighted by Crippen LogP contribution is 2.59. The number of nitrogens with zero attached hydrogens (tertiary/aromatic N) is 2. The van der Waals surface area contributed by atoms with Crippen molar-refractivity contribution < 1.29 is 14.5 Å². The molecule has 0 N–H and O–H groups in total. The normalized spacial score (nSPS) is 23.9. The Balaban J connectivity index is 1.49. The van der Waals surface area contributed by atoms with E-state index in [0.29, 0.717) is 0 Å². The van der Waals surface area contributed by atoms with Crippen molar-refractivity contribution in [2.45, 2.75) is 13.8 Å². The van der Waals surface area contributed by atoms with Gasteiger partial charge in [0, 0.05) is 17.9 Å². The van der Waals surface area contributed by atoms with Crippen molar-refractivity contribution in [1.29, 1.82) is 0 Å². The monoisotopic (exact) mass is 476 g/mol. The van der Waals surface area contributed by atoms with Crippen molar-refractivity contribution in [3.05, 3.63) is 123 Å². The van der Waals surface area contributed by atoms with Gasteiger partial charge in [-0.2, -0.15) is 0 Å².